The number of ketones is 2. The maximum absolute atomic E-state index is 14.7. The van der Waals surface area contributed by atoms with Crippen LogP contribution in [0.5, 0.6) is 0 Å². The number of nitrogens with zero attached hydrogens (tertiary/aromatic N) is 1. The molecule has 9 atom stereocenters. The highest BCUT2D eigenvalue weighted by Crippen LogP contribution is 2.74. The van der Waals surface area contributed by atoms with Gasteiger partial charge in [-0.05, 0) is 86.0 Å². The van der Waals surface area contributed by atoms with E-state index in [4.69, 9.17) is 9.47 Å². The van der Waals surface area contributed by atoms with E-state index in [0.717, 1.165) is 37.7 Å². The first-order valence-electron chi connectivity index (χ1n) is 16.9. The third-order valence-corrected chi connectivity index (χ3v) is 13.9. The van der Waals surface area contributed by atoms with Crippen LogP contribution in [0.3, 0.4) is 0 Å². The second kappa shape index (κ2) is 10.7. The van der Waals surface area contributed by atoms with Crippen molar-refractivity contribution in [3.63, 3.8) is 0 Å². The zero-order chi connectivity index (χ0) is 33.5. The zero-order valence-corrected chi connectivity index (χ0v) is 28.4. The number of hydrogen-bond acceptors (Lipinski definition) is 7. The molecule has 0 radical (unpaired) electrons. The molecule has 246 valence electrons. The maximum atomic E-state index is 14.7. The minimum Gasteiger partial charge on any atom is -0.469 e. The zero-order valence-electron chi connectivity index (χ0n) is 28.4. The number of Topliss-reactive ketones (excluding diaryl/α,β-unsaturated/α-hetero) is 1. The molecule has 46 heavy (non-hydrogen) atoms. The number of rotatable bonds is 5. The Morgan fingerprint density at radius 1 is 1.02 bits per heavy atom. The number of methoxy groups -OCH3 is 1. The smallest absolute Gasteiger partial charge is 0.312 e. The molecule has 1 aromatic carbocycles. The van der Waals surface area contributed by atoms with Crippen LogP contribution in [0.25, 0.3) is 0 Å². The molecular weight excluding hydrogens is 578 g/mol. The first-order chi connectivity index (χ1) is 21.5. The number of nitriles is 1. The van der Waals surface area contributed by atoms with Gasteiger partial charge in [0.25, 0.3) is 0 Å². The molecule has 0 spiro atoms. The van der Waals surface area contributed by atoms with Crippen molar-refractivity contribution < 1.29 is 29.0 Å². The summed E-state index contributed by atoms with van der Waals surface area (Å²) >= 11 is 0. The fraction of sp³-hybridized carbons (Fsp3) is 0.641. The lowest BCUT2D eigenvalue weighted by Crippen LogP contribution is -2.66. The van der Waals surface area contributed by atoms with E-state index in [1.54, 1.807) is 12.1 Å². The Labute approximate surface area is 273 Å². The average Bonchev–Trinajstić information content (AvgIpc) is 3.02. The van der Waals surface area contributed by atoms with E-state index in [0.29, 0.717) is 18.4 Å². The van der Waals surface area contributed by atoms with Crippen LogP contribution >= 0.6 is 0 Å². The highest BCUT2D eigenvalue weighted by Gasteiger charge is 2.71. The predicted octanol–water partition coefficient (Wildman–Crippen LogP) is 7.07. The molecule has 0 bridgehead atoms. The van der Waals surface area contributed by atoms with Gasteiger partial charge in [-0.15, -0.1) is 0 Å². The Kier molecular flexibility index (Phi) is 7.65. The van der Waals surface area contributed by atoms with Crippen molar-refractivity contribution in [2.75, 3.05) is 13.7 Å². The van der Waals surface area contributed by atoms with Crippen molar-refractivity contribution in [1.82, 2.24) is 0 Å². The van der Waals surface area contributed by atoms with E-state index in [1.165, 1.54) is 7.11 Å². The predicted molar refractivity (Wildman–Crippen MR) is 173 cm³/mol. The molecule has 0 heterocycles. The van der Waals surface area contributed by atoms with Gasteiger partial charge >= 0.3 is 5.97 Å². The topological polar surface area (TPSA) is 114 Å². The largest absolute Gasteiger partial charge is 0.469 e. The van der Waals surface area contributed by atoms with Crippen LogP contribution < -0.4 is 0 Å². The number of aliphatic hydroxyl groups excluding tert-OH is 1. The Morgan fingerprint density at radius 3 is 2.35 bits per heavy atom. The van der Waals surface area contributed by atoms with Crippen molar-refractivity contribution in [3.05, 3.63) is 59.2 Å². The average molecular weight is 628 g/mol. The van der Waals surface area contributed by atoms with Crippen molar-refractivity contribution in [1.29, 1.82) is 5.26 Å². The maximum Gasteiger partial charge on any atom is 0.312 e. The standard InChI is InChI=1S/C39H49NO6/c1-34(2)15-17-39(33(44)45-7)18-16-38(6)30(26(39)21-34)27(41)19-29-35(3)20-25(22-40)31(42)36(4,28(35)13-14-37(29,38)5)23-46-32(43)24-11-9-8-10-12-24/h8-12,19-20,26,28,30,32,43H,13-18,21,23H2,1-7H3/t26?,28?,30?,32?,35-,36-,37+,38+,39-/m0/s1. The van der Waals surface area contributed by atoms with Crippen LogP contribution in [0.15, 0.2) is 53.6 Å². The third-order valence-electron chi connectivity index (χ3n) is 13.9. The van der Waals surface area contributed by atoms with E-state index in [1.807, 2.05) is 37.3 Å². The molecule has 6 rings (SSSR count). The molecule has 5 aliphatic carbocycles. The lowest BCUT2D eigenvalue weighted by atomic mass is 9.34. The minimum absolute atomic E-state index is 0.00947. The van der Waals surface area contributed by atoms with Crippen LogP contribution in [-0.2, 0) is 23.9 Å². The quantitative estimate of drug-likeness (QED) is 0.274. The Hall–Kier alpha value is -3.08. The minimum atomic E-state index is -1.21. The molecule has 0 saturated heterocycles. The molecular formula is C39H49NO6. The van der Waals surface area contributed by atoms with E-state index < -0.39 is 33.4 Å². The van der Waals surface area contributed by atoms with E-state index in [2.05, 4.69) is 40.7 Å². The van der Waals surface area contributed by atoms with Gasteiger partial charge in [-0.1, -0.05) is 76.6 Å². The lowest BCUT2D eigenvalue weighted by Gasteiger charge is -2.68. The summed E-state index contributed by atoms with van der Waals surface area (Å²) in [5.41, 5.74) is -1.67. The number of benzene rings is 1. The molecule has 1 aromatic rings. The molecule has 4 unspecified atom stereocenters. The number of aliphatic hydroxyl groups is 1. The fourth-order valence-corrected chi connectivity index (χ4v) is 11.2. The Balaban J connectivity index is 1.43. The molecule has 0 amide bonds. The Morgan fingerprint density at radius 2 is 1.70 bits per heavy atom. The monoisotopic (exact) mass is 627 g/mol. The number of ether oxygens (including phenoxy) is 2. The van der Waals surface area contributed by atoms with Crippen LogP contribution in [0.2, 0.25) is 0 Å². The molecule has 3 fully saturated rings. The first-order valence-corrected chi connectivity index (χ1v) is 16.9. The molecule has 5 aliphatic rings. The van der Waals surface area contributed by atoms with Gasteiger partial charge in [-0.25, -0.2) is 0 Å². The summed E-state index contributed by atoms with van der Waals surface area (Å²) in [7, 11) is 1.47. The number of esters is 1. The molecule has 7 heteroatoms. The number of carbonyl (C=O) groups excluding carboxylic acids is 3. The van der Waals surface area contributed by atoms with Crippen LogP contribution in [-0.4, -0.2) is 36.4 Å². The van der Waals surface area contributed by atoms with E-state index >= 15 is 0 Å². The Bertz CT molecular complexity index is 1570. The summed E-state index contributed by atoms with van der Waals surface area (Å²) in [6.07, 6.45) is 7.76. The molecule has 0 aliphatic heterocycles. The fourth-order valence-electron chi connectivity index (χ4n) is 11.2. The second-order valence-corrected chi connectivity index (χ2v) is 16.7. The van der Waals surface area contributed by atoms with Gasteiger partial charge in [-0.2, -0.15) is 5.26 Å². The normalized spacial score (nSPS) is 41.8. The van der Waals surface area contributed by atoms with Gasteiger partial charge in [0.1, 0.15) is 6.07 Å². The van der Waals surface area contributed by atoms with Gasteiger partial charge < -0.3 is 14.6 Å². The van der Waals surface area contributed by atoms with Gasteiger partial charge in [0.2, 0.25) is 0 Å². The molecule has 1 N–H and O–H groups in total. The highest BCUT2D eigenvalue weighted by atomic mass is 16.6. The number of fused-ring (bicyclic) bond motifs is 7. The summed E-state index contributed by atoms with van der Waals surface area (Å²) in [6.45, 7) is 12.9. The van der Waals surface area contributed by atoms with Gasteiger partial charge in [0, 0.05) is 16.9 Å². The van der Waals surface area contributed by atoms with E-state index in [9.17, 15) is 24.8 Å². The summed E-state index contributed by atoms with van der Waals surface area (Å²) in [5.74, 6) is -1.10. The SMILES string of the molecule is COC(=O)[C@]12CCC(C)(C)CC1C1C(=O)C=C3[C@@]4(C)C=C(C#N)C(=O)[C@@](C)(COC(O)c5ccccc5)C4CC[C@@]3(C)[C@]1(C)CC2. The number of allylic oxidation sites excluding steroid dienone is 4. The second-order valence-electron chi connectivity index (χ2n) is 16.7. The summed E-state index contributed by atoms with van der Waals surface area (Å²) < 4.78 is 11.5. The summed E-state index contributed by atoms with van der Waals surface area (Å²) in [5, 5.41) is 21.1. The lowest BCUT2D eigenvalue weighted by molar-refractivity contribution is -0.192. The van der Waals surface area contributed by atoms with Crippen LogP contribution in [0.4, 0.5) is 0 Å². The number of hydrogen-bond donors (Lipinski definition) is 1. The molecule has 3 saturated carbocycles. The van der Waals surface area contributed by atoms with Crippen molar-refractivity contribution >= 4 is 17.5 Å². The van der Waals surface area contributed by atoms with Crippen LogP contribution in [0.1, 0.15) is 98.3 Å². The van der Waals surface area contributed by atoms with Crippen molar-refractivity contribution in [2.24, 2.45) is 50.2 Å². The first kappa shape index (κ1) is 32.8. The highest BCUT2D eigenvalue weighted by molar-refractivity contribution is 6.05. The van der Waals surface area contributed by atoms with Gasteiger partial charge in [-0.3, -0.25) is 14.4 Å². The van der Waals surface area contributed by atoms with Crippen molar-refractivity contribution in [3.8, 4) is 6.07 Å². The summed E-state index contributed by atoms with van der Waals surface area (Å²) in [6, 6.07) is 11.2. The third kappa shape index (κ3) is 4.39. The van der Waals surface area contributed by atoms with Crippen molar-refractivity contribution in [2.45, 2.75) is 92.8 Å². The molecule has 7 nitrogen and oxygen atoms in total. The van der Waals surface area contributed by atoms with Crippen LogP contribution in [0, 0.1) is 61.6 Å². The van der Waals surface area contributed by atoms with E-state index in [-0.39, 0.29) is 52.9 Å². The van der Waals surface area contributed by atoms with Gasteiger partial charge in [0.15, 0.2) is 17.9 Å². The van der Waals surface area contributed by atoms with Gasteiger partial charge in [0.05, 0.1) is 30.1 Å². The number of carbonyl (C=O) groups is 3. The molecule has 0 aromatic heterocycles. The summed E-state index contributed by atoms with van der Waals surface area (Å²) in [4.78, 5) is 42.2.